The van der Waals surface area contributed by atoms with Crippen molar-refractivity contribution in [3.8, 4) is 11.5 Å². The maximum absolute atomic E-state index is 13.4. The van der Waals surface area contributed by atoms with Gasteiger partial charge in [-0.2, -0.15) is 0 Å². The summed E-state index contributed by atoms with van der Waals surface area (Å²) in [4.78, 5) is 25.6. The number of esters is 1. The molecular formula is C32H47NO7S. The zero-order valence-corrected chi connectivity index (χ0v) is 26.5. The lowest BCUT2D eigenvalue weighted by atomic mass is 9.85. The highest BCUT2D eigenvalue weighted by Crippen LogP contribution is 2.36. The number of methoxy groups -OCH3 is 2. The van der Waals surface area contributed by atoms with Crippen molar-refractivity contribution < 1.29 is 32.2 Å². The van der Waals surface area contributed by atoms with Crippen molar-refractivity contribution in [3.63, 3.8) is 0 Å². The van der Waals surface area contributed by atoms with Gasteiger partial charge < -0.3 is 19.5 Å². The van der Waals surface area contributed by atoms with Crippen LogP contribution >= 0.6 is 0 Å². The molecule has 2 rings (SSSR count). The van der Waals surface area contributed by atoms with E-state index in [9.17, 15) is 18.0 Å². The quantitative estimate of drug-likeness (QED) is 0.172. The topological polar surface area (TPSA) is 108 Å². The molecular weight excluding hydrogens is 542 g/mol. The van der Waals surface area contributed by atoms with Crippen LogP contribution in [0.4, 0.5) is 5.69 Å². The summed E-state index contributed by atoms with van der Waals surface area (Å²) < 4.78 is 40.3. The van der Waals surface area contributed by atoms with Gasteiger partial charge >= 0.3 is 5.97 Å². The Bertz CT molecular complexity index is 1270. The van der Waals surface area contributed by atoms with Gasteiger partial charge in [0.05, 0.1) is 32.1 Å². The monoisotopic (exact) mass is 589 g/mol. The second-order valence-corrected chi connectivity index (χ2v) is 13.7. The van der Waals surface area contributed by atoms with Crippen LogP contribution in [0.25, 0.3) is 0 Å². The molecule has 228 valence electrons. The molecule has 2 aromatic rings. The highest BCUT2D eigenvalue weighted by Gasteiger charge is 2.24. The molecule has 2 aromatic carbocycles. The molecule has 0 radical (unpaired) electrons. The number of carbonyl (C=O) groups is 2. The minimum absolute atomic E-state index is 0.0972. The van der Waals surface area contributed by atoms with Gasteiger partial charge in [-0.3, -0.25) is 4.79 Å². The molecule has 0 aliphatic carbocycles. The number of ether oxygens (including phenoxy) is 3. The molecule has 1 N–H and O–H groups in total. The number of unbranched alkanes of at least 4 members (excludes halogenated alkanes) is 1. The predicted octanol–water partition coefficient (Wildman–Crippen LogP) is 6.68. The fourth-order valence-electron chi connectivity index (χ4n) is 4.79. The van der Waals surface area contributed by atoms with Gasteiger partial charge in [-0.15, -0.1) is 0 Å². The Morgan fingerprint density at radius 1 is 0.951 bits per heavy atom. The Balaban J connectivity index is 2.23. The fraction of sp³-hybridized carbons (Fsp3) is 0.562. The number of hydrogen-bond acceptors (Lipinski definition) is 7. The Morgan fingerprint density at radius 2 is 1.68 bits per heavy atom. The van der Waals surface area contributed by atoms with Crippen LogP contribution in [0.5, 0.6) is 11.5 Å². The summed E-state index contributed by atoms with van der Waals surface area (Å²) in [5.41, 5.74) is 2.55. The van der Waals surface area contributed by atoms with E-state index < -0.39 is 15.8 Å². The molecule has 0 bridgehead atoms. The molecule has 8 nitrogen and oxygen atoms in total. The van der Waals surface area contributed by atoms with E-state index in [4.69, 9.17) is 14.2 Å². The van der Waals surface area contributed by atoms with Crippen molar-refractivity contribution in [3.05, 3.63) is 53.1 Å². The lowest BCUT2D eigenvalue weighted by Gasteiger charge is -2.25. The number of carbonyl (C=O) groups excluding carboxylic acids is 2. The molecule has 0 aromatic heterocycles. The van der Waals surface area contributed by atoms with E-state index in [-0.39, 0.29) is 41.8 Å². The first-order valence-electron chi connectivity index (χ1n) is 14.4. The van der Waals surface area contributed by atoms with Crippen molar-refractivity contribution >= 4 is 27.4 Å². The first kappa shape index (κ1) is 34.1. The highest BCUT2D eigenvalue weighted by molar-refractivity contribution is 7.91. The predicted molar refractivity (Wildman–Crippen MR) is 164 cm³/mol. The van der Waals surface area contributed by atoms with Crippen molar-refractivity contribution in [1.29, 1.82) is 0 Å². The summed E-state index contributed by atoms with van der Waals surface area (Å²) in [7, 11) is -0.125. The van der Waals surface area contributed by atoms with Crippen molar-refractivity contribution in [2.45, 2.75) is 84.5 Å². The molecule has 9 heteroatoms. The summed E-state index contributed by atoms with van der Waals surface area (Å²) in [6, 6.07) is 10.8. The standard InChI is InChI=1S/C32H47NO7S/c1-8-10-12-23(21-30(34)33-28-20-24(31(35)39-7)13-16-27(28)32(3,4)5)26-15-14-25(22-29(26)38-6)40-17-11-19-41(36,37)18-9-2/h13-16,20,22-23H,8-12,17-19,21H2,1-7H3,(H,33,34). The van der Waals surface area contributed by atoms with E-state index in [1.165, 1.54) is 7.11 Å². The third kappa shape index (κ3) is 10.7. The van der Waals surface area contributed by atoms with Gasteiger partial charge in [-0.05, 0) is 59.9 Å². The maximum Gasteiger partial charge on any atom is 0.337 e. The van der Waals surface area contributed by atoms with Crippen molar-refractivity contribution in [1.82, 2.24) is 0 Å². The van der Waals surface area contributed by atoms with Gasteiger partial charge in [-0.1, -0.05) is 59.6 Å². The molecule has 0 fully saturated rings. The van der Waals surface area contributed by atoms with Gasteiger partial charge in [0.1, 0.15) is 21.3 Å². The normalized spacial score (nSPS) is 12.5. The number of sulfone groups is 1. The number of hydrogen-bond donors (Lipinski definition) is 1. The fourth-order valence-corrected chi connectivity index (χ4v) is 6.17. The van der Waals surface area contributed by atoms with Gasteiger partial charge in [0.25, 0.3) is 0 Å². The van der Waals surface area contributed by atoms with Gasteiger partial charge in [0, 0.05) is 23.9 Å². The van der Waals surface area contributed by atoms with Crippen LogP contribution in [0.1, 0.15) is 101 Å². The second-order valence-electron chi connectivity index (χ2n) is 11.4. The van der Waals surface area contributed by atoms with E-state index in [1.54, 1.807) is 25.3 Å². The number of rotatable bonds is 16. The summed E-state index contributed by atoms with van der Waals surface area (Å²) >= 11 is 0. The Hall–Kier alpha value is -3.07. The average molecular weight is 590 g/mol. The number of benzene rings is 2. The van der Waals surface area contributed by atoms with Crippen LogP contribution in [0.2, 0.25) is 0 Å². The minimum atomic E-state index is -3.04. The smallest absolute Gasteiger partial charge is 0.337 e. The lowest BCUT2D eigenvalue weighted by Crippen LogP contribution is -2.21. The van der Waals surface area contributed by atoms with E-state index >= 15 is 0 Å². The van der Waals surface area contributed by atoms with Gasteiger partial charge in [0.15, 0.2) is 0 Å². The maximum atomic E-state index is 13.4. The summed E-state index contributed by atoms with van der Waals surface area (Å²) in [5.74, 6) is 0.788. The largest absolute Gasteiger partial charge is 0.496 e. The number of amides is 1. The van der Waals surface area contributed by atoms with Crippen LogP contribution in [0, 0.1) is 0 Å². The van der Waals surface area contributed by atoms with E-state index in [0.29, 0.717) is 35.6 Å². The molecule has 0 saturated heterocycles. The third-order valence-electron chi connectivity index (χ3n) is 6.89. The first-order valence-corrected chi connectivity index (χ1v) is 16.2. The molecule has 1 atom stereocenters. The molecule has 0 spiro atoms. The van der Waals surface area contributed by atoms with Crippen LogP contribution < -0.4 is 14.8 Å². The zero-order chi connectivity index (χ0) is 30.6. The molecule has 0 aliphatic heterocycles. The second kappa shape index (κ2) is 15.8. The van der Waals surface area contributed by atoms with E-state index in [2.05, 4.69) is 33.0 Å². The third-order valence-corrected chi connectivity index (χ3v) is 8.83. The molecule has 41 heavy (non-hydrogen) atoms. The molecule has 0 saturated carbocycles. The van der Waals surface area contributed by atoms with Crippen molar-refractivity contribution in [2.24, 2.45) is 0 Å². The first-order chi connectivity index (χ1) is 19.3. The van der Waals surface area contributed by atoms with Gasteiger partial charge in [0.2, 0.25) is 5.91 Å². The Kier molecular flexibility index (Phi) is 13.2. The van der Waals surface area contributed by atoms with Crippen LogP contribution in [0.3, 0.4) is 0 Å². The summed E-state index contributed by atoms with van der Waals surface area (Å²) in [6.07, 6.45) is 3.98. The number of anilines is 1. The zero-order valence-electron chi connectivity index (χ0n) is 25.7. The lowest BCUT2D eigenvalue weighted by molar-refractivity contribution is -0.116. The van der Waals surface area contributed by atoms with Crippen LogP contribution in [-0.4, -0.2) is 52.6 Å². The van der Waals surface area contributed by atoms with Crippen LogP contribution in [-0.2, 0) is 24.8 Å². The molecule has 1 amide bonds. The highest BCUT2D eigenvalue weighted by atomic mass is 32.2. The molecule has 1 unspecified atom stereocenters. The number of nitrogens with one attached hydrogen (secondary N) is 1. The summed E-state index contributed by atoms with van der Waals surface area (Å²) in [5, 5.41) is 3.06. The minimum Gasteiger partial charge on any atom is -0.496 e. The van der Waals surface area contributed by atoms with Crippen molar-refractivity contribution in [2.75, 3.05) is 37.6 Å². The Labute approximate surface area is 246 Å². The Morgan fingerprint density at radius 3 is 2.29 bits per heavy atom. The average Bonchev–Trinajstić information content (AvgIpc) is 2.92. The molecule has 0 heterocycles. The van der Waals surface area contributed by atoms with Crippen LogP contribution in [0.15, 0.2) is 36.4 Å². The van der Waals surface area contributed by atoms with E-state index in [1.807, 2.05) is 25.1 Å². The van der Waals surface area contributed by atoms with Gasteiger partial charge in [-0.25, -0.2) is 13.2 Å². The van der Waals surface area contributed by atoms with E-state index in [0.717, 1.165) is 30.4 Å². The summed E-state index contributed by atoms with van der Waals surface area (Å²) in [6.45, 7) is 10.4. The SMILES string of the molecule is CCCCC(CC(=O)Nc1cc(C(=O)OC)ccc1C(C)(C)C)c1ccc(OCCCS(=O)(=O)CCC)cc1OC. The molecule has 0 aliphatic rings.